The Kier molecular flexibility index (Phi) is 4.74. The van der Waals surface area contributed by atoms with Crippen LogP contribution in [0.25, 0.3) is 11.1 Å². The lowest BCUT2D eigenvalue weighted by molar-refractivity contribution is -0.124. The van der Waals surface area contributed by atoms with E-state index in [9.17, 15) is 9.59 Å². The van der Waals surface area contributed by atoms with Gasteiger partial charge < -0.3 is 14.5 Å². The summed E-state index contributed by atoms with van der Waals surface area (Å²) in [5.41, 5.74) is 2.25. The van der Waals surface area contributed by atoms with E-state index in [0.29, 0.717) is 28.9 Å². The van der Waals surface area contributed by atoms with Crippen LogP contribution in [0.15, 0.2) is 47.3 Å². The van der Waals surface area contributed by atoms with E-state index in [0.717, 1.165) is 5.56 Å². The van der Waals surface area contributed by atoms with Crippen LogP contribution in [0.3, 0.4) is 0 Å². The van der Waals surface area contributed by atoms with Gasteiger partial charge in [0.1, 0.15) is 11.3 Å². The lowest BCUT2D eigenvalue weighted by atomic mass is 10.2. The molecule has 0 saturated heterocycles. The molecule has 0 aliphatic heterocycles. The van der Waals surface area contributed by atoms with Gasteiger partial charge >= 0.3 is 5.97 Å². The number of rotatable bonds is 5. The number of oxazole rings is 1. The standard InChI is InChI=1S/C18H17N3O4/c1-3-14(17(22)21-16-11(2)5-4-8-19-16)25-18(23)12-6-7-13-15(9-12)24-10-20-13/h4-10,14H,3H2,1-2H3,(H,19,21,22). The molecule has 1 unspecified atom stereocenters. The molecular formula is C18H17N3O4. The Morgan fingerprint density at radius 1 is 1.28 bits per heavy atom. The first-order valence-electron chi connectivity index (χ1n) is 7.85. The molecule has 0 spiro atoms. The van der Waals surface area contributed by atoms with E-state index >= 15 is 0 Å². The fourth-order valence-corrected chi connectivity index (χ4v) is 2.32. The van der Waals surface area contributed by atoms with Crippen molar-refractivity contribution in [3.05, 3.63) is 54.0 Å². The van der Waals surface area contributed by atoms with Crippen LogP contribution < -0.4 is 5.32 Å². The van der Waals surface area contributed by atoms with Crippen LogP contribution in [0, 0.1) is 6.92 Å². The first kappa shape index (κ1) is 16.6. The normalized spacial score (nSPS) is 11.9. The highest BCUT2D eigenvalue weighted by molar-refractivity contribution is 5.98. The number of anilines is 1. The lowest BCUT2D eigenvalue weighted by Crippen LogP contribution is -2.32. The van der Waals surface area contributed by atoms with Gasteiger partial charge in [0.2, 0.25) is 0 Å². The molecule has 128 valence electrons. The molecule has 1 atom stereocenters. The third-order valence-electron chi connectivity index (χ3n) is 3.73. The van der Waals surface area contributed by atoms with E-state index in [1.807, 2.05) is 13.0 Å². The fraction of sp³-hybridized carbons (Fsp3) is 0.222. The molecule has 3 rings (SSSR count). The summed E-state index contributed by atoms with van der Waals surface area (Å²) in [6.45, 7) is 3.60. The zero-order chi connectivity index (χ0) is 17.8. The minimum atomic E-state index is -0.917. The molecule has 25 heavy (non-hydrogen) atoms. The zero-order valence-corrected chi connectivity index (χ0v) is 13.9. The van der Waals surface area contributed by atoms with E-state index in [4.69, 9.17) is 9.15 Å². The van der Waals surface area contributed by atoms with E-state index < -0.39 is 18.0 Å². The molecule has 1 N–H and O–H groups in total. The van der Waals surface area contributed by atoms with Crippen molar-refractivity contribution in [3.63, 3.8) is 0 Å². The maximum absolute atomic E-state index is 12.4. The van der Waals surface area contributed by atoms with Gasteiger partial charge in [-0.1, -0.05) is 13.0 Å². The van der Waals surface area contributed by atoms with Gasteiger partial charge in [-0.2, -0.15) is 0 Å². The molecule has 0 radical (unpaired) electrons. The van der Waals surface area contributed by atoms with Crippen molar-refractivity contribution in [1.29, 1.82) is 0 Å². The molecule has 7 nitrogen and oxygen atoms in total. The Morgan fingerprint density at radius 3 is 2.88 bits per heavy atom. The second kappa shape index (κ2) is 7.12. The summed E-state index contributed by atoms with van der Waals surface area (Å²) in [5, 5.41) is 2.69. The Bertz CT molecular complexity index is 919. The number of pyridine rings is 1. The van der Waals surface area contributed by atoms with Crippen LogP contribution >= 0.6 is 0 Å². The number of nitrogens with zero attached hydrogens (tertiary/aromatic N) is 2. The van der Waals surface area contributed by atoms with E-state index in [1.54, 1.807) is 31.3 Å². The summed E-state index contributed by atoms with van der Waals surface area (Å²) in [7, 11) is 0. The minimum absolute atomic E-state index is 0.296. The second-order valence-electron chi connectivity index (χ2n) is 5.50. The van der Waals surface area contributed by atoms with Gasteiger partial charge in [-0.3, -0.25) is 4.79 Å². The lowest BCUT2D eigenvalue weighted by Gasteiger charge is -2.16. The Labute approximate surface area is 144 Å². The van der Waals surface area contributed by atoms with E-state index in [1.165, 1.54) is 12.5 Å². The number of hydrogen-bond donors (Lipinski definition) is 1. The van der Waals surface area contributed by atoms with Crippen LogP contribution in [0.5, 0.6) is 0 Å². The SMILES string of the molecule is CCC(OC(=O)c1ccc2ncoc2c1)C(=O)Nc1ncccc1C. The molecule has 0 saturated carbocycles. The number of benzene rings is 1. The molecule has 1 aromatic carbocycles. The van der Waals surface area contributed by atoms with Crippen LogP contribution in [-0.4, -0.2) is 27.9 Å². The smallest absolute Gasteiger partial charge is 0.339 e. The Morgan fingerprint density at radius 2 is 2.12 bits per heavy atom. The minimum Gasteiger partial charge on any atom is -0.449 e. The van der Waals surface area contributed by atoms with Crippen molar-refractivity contribution in [3.8, 4) is 0 Å². The molecule has 2 heterocycles. The molecule has 2 aromatic heterocycles. The predicted octanol–water partition coefficient (Wildman–Crippen LogP) is 3.11. The summed E-state index contributed by atoms with van der Waals surface area (Å²) < 4.78 is 10.5. The van der Waals surface area contributed by atoms with Gasteiger partial charge in [0, 0.05) is 6.20 Å². The monoisotopic (exact) mass is 339 g/mol. The van der Waals surface area contributed by atoms with Crippen molar-refractivity contribution in [2.75, 3.05) is 5.32 Å². The van der Waals surface area contributed by atoms with Crippen molar-refractivity contribution in [2.45, 2.75) is 26.4 Å². The first-order valence-corrected chi connectivity index (χ1v) is 7.85. The first-order chi connectivity index (χ1) is 12.1. The number of carbonyl (C=O) groups excluding carboxylic acids is 2. The molecule has 0 fully saturated rings. The number of aryl methyl sites for hydroxylation is 1. The molecular weight excluding hydrogens is 322 g/mol. The van der Waals surface area contributed by atoms with Gasteiger partial charge in [0.05, 0.1) is 5.56 Å². The van der Waals surface area contributed by atoms with Crippen LogP contribution in [0.1, 0.15) is 29.3 Å². The van der Waals surface area contributed by atoms with Gasteiger partial charge in [0.25, 0.3) is 5.91 Å². The molecule has 7 heteroatoms. The topological polar surface area (TPSA) is 94.3 Å². The van der Waals surface area contributed by atoms with Crippen LogP contribution in [0.4, 0.5) is 5.82 Å². The van der Waals surface area contributed by atoms with Crippen molar-refractivity contribution < 1.29 is 18.7 Å². The average Bonchev–Trinajstić information content (AvgIpc) is 3.09. The number of nitrogens with one attached hydrogen (secondary N) is 1. The Balaban J connectivity index is 1.71. The number of ether oxygens (including phenoxy) is 1. The van der Waals surface area contributed by atoms with Crippen LogP contribution in [-0.2, 0) is 9.53 Å². The summed E-state index contributed by atoms with van der Waals surface area (Å²) in [6, 6.07) is 8.40. The van der Waals surface area contributed by atoms with Gasteiger partial charge in [-0.05, 0) is 43.2 Å². The fourth-order valence-electron chi connectivity index (χ4n) is 2.32. The summed E-state index contributed by atoms with van der Waals surface area (Å²) in [5.74, 6) is -0.568. The zero-order valence-electron chi connectivity index (χ0n) is 13.9. The van der Waals surface area contributed by atoms with Gasteiger partial charge in [0.15, 0.2) is 18.1 Å². The number of fused-ring (bicyclic) bond motifs is 1. The number of aromatic nitrogens is 2. The van der Waals surface area contributed by atoms with Crippen molar-refractivity contribution in [1.82, 2.24) is 9.97 Å². The van der Waals surface area contributed by atoms with Gasteiger partial charge in [-0.25, -0.2) is 14.8 Å². The molecule has 0 bridgehead atoms. The molecule has 0 aliphatic rings. The predicted molar refractivity (Wildman–Crippen MR) is 91.1 cm³/mol. The molecule has 3 aromatic rings. The number of carbonyl (C=O) groups is 2. The van der Waals surface area contributed by atoms with Crippen molar-refractivity contribution >= 4 is 28.8 Å². The Hall–Kier alpha value is -3.22. The number of hydrogen-bond acceptors (Lipinski definition) is 6. The van der Waals surface area contributed by atoms with E-state index in [-0.39, 0.29) is 0 Å². The third kappa shape index (κ3) is 3.65. The molecule has 1 amide bonds. The average molecular weight is 339 g/mol. The van der Waals surface area contributed by atoms with Crippen LogP contribution in [0.2, 0.25) is 0 Å². The summed E-state index contributed by atoms with van der Waals surface area (Å²) >= 11 is 0. The maximum Gasteiger partial charge on any atom is 0.339 e. The third-order valence-corrected chi connectivity index (χ3v) is 3.73. The molecule has 0 aliphatic carbocycles. The largest absolute Gasteiger partial charge is 0.449 e. The van der Waals surface area contributed by atoms with Crippen molar-refractivity contribution in [2.24, 2.45) is 0 Å². The van der Waals surface area contributed by atoms with E-state index in [2.05, 4.69) is 15.3 Å². The highest BCUT2D eigenvalue weighted by atomic mass is 16.5. The highest BCUT2D eigenvalue weighted by Gasteiger charge is 2.23. The maximum atomic E-state index is 12.4. The number of esters is 1. The second-order valence-corrected chi connectivity index (χ2v) is 5.50. The highest BCUT2D eigenvalue weighted by Crippen LogP contribution is 2.17. The number of amides is 1. The summed E-state index contributed by atoms with van der Waals surface area (Å²) in [4.78, 5) is 32.8. The van der Waals surface area contributed by atoms with Gasteiger partial charge in [-0.15, -0.1) is 0 Å². The summed E-state index contributed by atoms with van der Waals surface area (Å²) in [6.07, 6.45) is 2.31. The quantitative estimate of drug-likeness (QED) is 0.718.